The van der Waals surface area contributed by atoms with Gasteiger partial charge in [-0.1, -0.05) is 39.5 Å². The van der Waals surface area contributed by atoms with Crippen molar-refractivity contribution in [1.29, 1.82) is 5.26 Å². The first kappa shape index (κ1) is 20.7. The number of nitrogens with zero attached hydrogens (tertiary/aromatic N) is 1. The van der Waals surface area contributed by atoms with E-state index >= 15 is 0 Å². The summed E-state index contributed by atoms with van der Waals surface area (Å²) in [4.78, 5) is 0. The third kappa shape index (κ3) is 6.24. The van der Waals surface area contributed by atoms with E-state index in [1.165, 1.54) is 6.07 Å². The first-order valence-corrected chi connectivity index (χ1v) is 6.37. The van der Waals surface area contributed by atoms with Crippen LogP contribution in [-0.4, -0.2) is 5.11 Å². The predicted molar refractivity (Wildman–Crippen MR) is 90.7 cm³/mol. The lowest BCUT2D eigenvalue weighted by Gasteiger charge is -2.06. The van der Waals surface area contributed by atoms with Crippen molar-refractivity contribution < 1.29 is 18.3 Å². The van der Waals surface area contributed by atoms with Crippen LogP contribution in [0.2, 0.25) is 0 Å². The summed E-state index contributed by atoms with van der Waals surface area (Å²) in [6.45, 7) is 19.9. The average molecular weight is 331 g/mol. The van der Waals surface area contributed by atoms with Crippen LogP contribution in [-0.2, 0) is 0 Å². The minimum absolute atomic E-state index is 0.137. The Labute approximate surface area is 139 Å². The minimum Gasteiger partial charge on any atom is -0.508 e. The van der Waals surface area contributed by atoms with Crippen molar-refractivity contribution in [2.24, 2.45) is 0 Å². The summed E-state index contributed by atoms with van der Waals surface area (Å²) in [5.41, 5.74) is -1.29. The molecular weight excluding hydrogens is 315 g/mol. The summed E-state index contributed by atoms with van der Waals surface area (Å²) in [5.74, 6) is -3.41. The molecule has 0 aliphatic rings. The van der Waals surface area contributed by atoms with Crippen molar-refractivity contribution in [3.05, 3.63) is 109 Å². The molecular formula is C19H16F3NO. The van der Waals surface area contributed by atoms with E-state index in [-0.39, 0.29) is 22.3 Å². The third-order valence-electron chi connectivity index (χ3n) is 2.67. The van der Waals surface area contributed by atoms with Crippen LogP contribution in [0.15, 0.2) is 109 Å². The Bertz CT molecular complexity index is 771. The Morgan fingerprint density at radius 2 is 1.12 bits per heavy atom. The van der Waals surface area contributed by atoms with Crippen LogP contribution in [0.4, 0.5) is 13.2 Å². The van der Waals surface area contributed by atoms with E-state index in [1.54, 1.807) is 0 Å². The van der Waals surface area contributed by atoms with Crippen LogP contribution >= 0.6 is 0 Å². The number of nitriles is 1. The molecule has 0 aromatic heterocycles. The maximum Gasteiger partial charge on any atom is 0.140 e. The number of hydrogen-bond donors (Lipinski definition) is 1. The van der Waals surface area contributed by atoms with Crippen molar-refractivity contribution in [2.45, 2.75) is 0 Å². The molecule has 0 unspecified atom stereocenters. The molecule has 0 saturated heterocycles. The molecule has 0 amide bonds. The Balaban J connectivity index is 5.31. The fourth-order valence-electron chi connectivity index (χ4n) is 1.25. The number of rotatable bonds is 8. The molecule has 0 rings (SSSR count). The van der Waals surface area contributed by atoms with Gasteiger partial charge in [0.15, 0.2) is 0 Å². The molecule has 24 heavy (non-hydrogen) atoms. The van der Waals surface area contributed by atoms with E-state index in [9.17, 15) is 13.2 Å². The van der Waals surface area contributed by atoms with E-state index in [0.29, 0.717) is 6.08 Å². The monoisotopic (exact) mass is 331 g/mol. The first-order valence-electron chi connectivity index (χ1n) is 6.37. The van der Waals surface area contributed by atoms with Gasteiger partial charge in [-0.3, -0.25) is 0 Å². The standard InChI is InChI=1S/C19H16F3NO/c1-11(7-17(20)13(3)10-23)15(5)18(21)8-12(2)16(6)19(22)9-14(4)24/h7-9,24H,1-6H2/b17-7+,18-8+,19-9+. The van der Waals surface area contributed by atoms with Gasteiger partial charge in [-0.25, -0.2) is 13.2 Å². The van der Waals surface area contributed by atoms with Gasteiger partial charge in [-0.15, -0.1) is 0 Å². The summed E-state index contributed by atoms with van der Waals surface area (Å²) in [7, 11) is 0. The summed E-state index contributed by atoms with van der Waals surface area (Å²) in [6.07, 6.45) is 2.32. The Morgan fingerprint density at radius 1 is 0.750 bits per heavy atom. The highest BCUT2D eigenvalue weighted by Crippen LogP contribution is 2.26. The zero-order chi connectivity index (χ0) is 19.0. The van der Waals surface area contributed by atoms with Gasteiger partial charge in [0.1, 0.15) is 29.3 Å². The Morgan fingerprint density at radius 3 is 1.50 bits per heavy atom. The molecule has 0 aliphatic heterocycles. The smallest absolute Gasteiger partial charge is 0.140 e. The molecule has 0 atom stereocenters. The third-order valence-corrected chi connectivity index (χ3v) is 2.67. The summed E-state index contributed by atoms with van der Waals surface area (Å²) in [5, 5.41) is 17.4. The Hall–Kier alpha value is -3.26. The highest BCUT2D eigenvalue weighted by Gasteiger charge is 2.11. The maximum absolute atomic E-state index is 14.1. The zero-order valence-corrected chi connectivity index (χ0v) is 13.0. The van der Waals surface area contributed by atoms with Crippen LogP contribution in [0, 0.1) is 11.3 Å². The van der Waals surface area contributed by atoms with Crippen LogP contribution in [0.25, 0.3) is 0 Å². The molecule has 0 fully saturated rings. The first-order chi connectivity index (χ1) is 11.0. The SMILES string of the molecule is C=C(O)/C=C(/F)C(=C)C(=C)/C=C(/F)C(=C)C(=C)/C=C(/F)C(=C)C#N. The lowest BCUT2D eigenvalue weighted by atomic mass is 10.0. The van der Waals surface area contributed by atoms with Crippen molar-refractivity contribution in [2.75, 3.05) is 0 Å². The molecule has 0 spiro atoms. The van der Waals surface area contributed by atoms with Gasteiger partial charge in [-0.05, 0) is 23.3 Å². The predicted octanol–water partition coefficient (Wildman–Crippen LogP) is 5.92. The van der Waals surface area contributed by atoms with Gasteiger partial charge >= 0.3 is 0 Å². The van der Waals surface area contributed by atoms with E-state index in [2.05, 4.69) is 39.5 Å². The second-order valence-electron chi connectivity index (χ2n) is 4.57. The second-order valence-corrected chi connectivity index (χ2v) is 4.57. The van der Waals surface area contributed by atoms with Crippen molar-refractivity contribution in [1.82, 2.24) is 0 Å². The average Bonchev–Trinajstić information content (AvgIpc) is 2.51. The lowest BCUT2D eigenvalue weighted by Crippen LogP contribution is -1.91. The molecule has 2 nitrogen and oxygen atoms in total. The highest BCUT2D eigenvalue weighted by atomic mass is 19.1. The van der Waals surface area contributed by atoms with Crippen LogP contribution < -0.4 is 0 Å². The molecule has 0 saturated carbocycles. The minimum atomic E-state index is -0.977. The number of allylic oxidation sites excluding steroid dienone is 11. The maximum atomic E-state index is 14.1. The number of aliphatic hydroxyl groups excluding tert-OH is 1. The lowest BCUT2D eigenvalue weighted by molar-refractivity contribution is 0.431. The van der Waals surface area contributed by atoms with E-state index in [1.807, 2.05) is 0 Å². The Kier molecular flexibility index (Phi) is 7.79. The molecule has 0 aromatic carbocycles. The molecule has 0 bridgehead atoms. The van der Waals surface area contributed by atoms with Gasteiger partial charge in [0, 0.05) is 17.2 Å². The molecule has 5 heteroatoms. The molecule has 0 aromatic rings. The molecule has 0 radical (unpaired) electrons. The summed E-state index contributed by atoms with van der Waals surface area (Å²) < 4.78 is 41.1. The zero-order valence-electron chi connectivity index (χ0n) is 13.0. The molecule has 0 heterocycles. The largest absolute Gasteiger partial charge is 0.508 e. The van der Waals surface area contributed by atoms with Gasteiger partial charge in [-0.2, -0.15) is 5.26 Å². The van der Waals surface area contributed by atoms with Crippen LogP contribution in [0.5, 0.6) is 0 Å². The molecule has 124 valence electrons. The fourth-order valence-corrected chi connectivity index (χ4v) is 1.25. The van der Waals surface area contributed by atoms with Gasteiger partial charge in [0.25, 0.3) is 0 Å². The highest BCUT2D eigenvalue weighted by molar-refractivity contribution is 5.54. The van der Waals surface area contributed by atoms with E-state index < -0.39 is 28.8 Å². The van der Waals surface area contributed by atoms with Gasteiger partial charge in [0.2, 0.25) is 0 Å². The topological polar surface area (TPSA) is 44.0 Å². The quantitative estimate of drug-likeness (QED) is 0.341. The molecule has 0 aliphatic carbocycles. The van der Waals surface area contributed by atoms with E-state index in [4.69, 9.17) is 10.4 Å². The number of aliphatic hydroxyl groups is 1. The second kappa shape index (κ2) is 9.01. The fraction of sp³-hybridized carbons (Fsp3) is 0. The van der Waals surface area contributed by atoms with Crippen molar-refractivity contribution in [3.8, 4) is 6.07 Å². The summed E-state index contributed by atoms with van der Waals surface area (Å²) in [6, 6.07) is 1.50. The number of halogens is 3. The molecule has 1 N–H and O–H groups in total. The van der Waals surface area contributed by atoms with Crippen molar-refractivity contribution >= 4 is 0 Å². The normalized spacial score (nSPS) is 12.2. The van der Waals surface area contributed by atoms with Crippen molar-refractivity contribution in [3.63, 3.8) is 0 Å². The summed E-state index contributed by atoms with van der Waals surface area (Å²) >= 11 is 0. The number of hydrogen-bond acceptors (Lipinski definition) is 2. The van der Waals surface area contributed by atoms with Gasteiger partial charge in [0.05, 0.1) is 5.57 Å². The van der Waals surface area contributed by atoms with Crippen LogP contribution in [0.3, 0.4) is 0 Å². The van der Waals surface area contributed by atoms with E-state index in [0.717, 1.165) is 12.2 Å². The van der Waals surface area contributed by atoms with Crippen LogP contribution in [0.1, 0.15) is 0 Å². The van der Waals surface area contributed by atoms with Gasteiger partial charge < -0.3 is 5.11 Å².